The Morgan fingerprint density at radius 1 is 1.50 bits per heavy atom. The number of alkyl halides is 1. The van der Waals surface area contributed by atoms with E-state index in [9.17, 15) is 4.39 Å². The highest BCUT2D eigenvalue weighted by Gasteiger charge is 2.01. The average Bonchev–Trinajstić information content (AvgIpc) is 1.36. The van der Waals surface area contributed by atoms with Crippen molar-refractivity contribution in [2.45, 2.75) is 19.3 Å². The second kappa shape index (κ2) is 2.10. The van der Waals surface area contributed by atoms with Crippen LogP contribution in [0.3, 0.4) is 0 Å². The van der Waals surface area contributed by atoms with Gasteiger partial charge in [0.25, 0.3) is 0 Å². The molecule has 38 valence electrons. The topological polar surface area (TPSA) is 52.0 Å². The summed E-state index contributed by atoms with van der Waals surface area (Å²) in [5, 5.41) is 0. The number of hydrogen-bond donors (Lipinski definition) is 2. The second-order valence-corrected chi connectivity index (χ2v) is 1.30. The fourth-order valence-corrected chi connectivity index (χ4v) is 0. The number of nitrogens with two attached hydrogens (primary N) is 2. The summed E-state index contributed by atoms with van der Waals surface area (Å²) in [6.07, 6.45) is -1.37. The Morgan fingerprint density at radius 3 is 1.67 bits per heavy atom. The monoisotopic (exact) mass is 92.1 g/mol. The van der Waals surface area contributed by atoms with E-state index in [4.69, 9.17) is 5.73 Å². The van der Waals surface area contributed by atoms with Gasteiger partial charge >= 0.3 is 0 Å². The molecule has 0 radical (unpaired) electrons. The Balaban J connectivity index is 2.99. The van der Waals surface area contributed by atoms with Crippen LogP contribution in [0, 0.1) is 0 Å². The van der Waals surface area contributed by atoms with Gasteiger partial charge in [0.15, 0.2) is 6.30 Å². The molecule has 4 N–H and O–H groups in total. The van der Waals surface area contributed by atoms with Crippen LogP contribution in [-0.4, -0.2) is 12.3 Å². The summed E-state index contributed by atoms with van der Waals surface area (Å²) in [6.45, 7) is 1.52. The molecule has 0 saturated heterocycles. The third-order valence-electron chi connectivity index (χ3n) is 0.502. The van der Waals surface area contributed by atoms with E-state index in [0.717, 1.165) is 0 Å². The lowest BCUT2D eigenvalue weighted by molar-refractivity contribution is 0.301. The predicted octanol–water partition coefficient (Wildman–Crippen LogP) is -0.412. The first-order chi connectivity index (χ1) is 2.64. The fraction of sp³-hybridized carbons (Fsp3) is 1.00. The highest BCUT2D eigenvalue weighted by Crippen LogP contribution is 1.81. The fourth-order valence-electron chi connectivity index (χ4n) is 0. The Kier molecular flexibility index (Phi) is 2.05. The third-order valence-corrected chi connectivity index (χ3v) is 0.502. The highest BCUT2D eigenvalue weighted by atomic mass is 19.1. The minimum absolute atomic E-state index is 0.537. The van der Waals surface area contributed by atoms with Gasteiger partial charge in [-0.2, -0.15) is 0 Å². The normalized spacial score (nSPS) is 20.0. The van der Waals surface area contributed by atoms with Crippen LogP contribution >= 0.6 is 0 Å². The molecule has 0 saturated carbocycles. The summed E-state index contributed by atoms with van der Waals surface area (Å²) in [6, 6.07) is -0.537. The predicted molar refractivity (Wildman–Crippen MR) is 22.7 cm³/mol. The molecule has 0 rings (SSSR count). The molecular weight excluding hydrogens is 83.0 g/mol. The van der Waals surface area contributed by atoms with Gasteiger partial charge in [-0.1, -0.05) is 0 Å². The minimum Gasteiger partial charge on any atom is -0.324 e. The largest absolute Gasteiger partial charge is 0.324 e. The lowest BCUT2D eigenvalue weighted by Gasteiger charge is -2.02. The Bertz CT molecular complexity index is 29.8. The van der Waals surface area contributed by atoms with Gasteiger partial charge in [-0.25, -0.2) is 4.39 Å². The van der Waals surface area contributed by atoms with E-state index in [-0.39, 0.29) is 0 Å². The van der Waals surface area contributed by atoms with Crippen LogP contribution in [0.4, 0.5) is 4.39 Å². The smallest absolute Gasteiger partial charge is 0.163 e. The molecule has 0 aliphatic heterocycles. The Labute approximate surface area is 36.3 Å². The number of hydrogen-bond acceptors (Lipinski definition) is 2. The first kappa shape index (κ1) is 5.85. The van der Waals surface area contributed by atoms with Gasteiger partial charge in [0.05, 0.1) is 0 Å². The zero-order valence-electron chi connectivity index (χ0n) is 3.69. The van der Waals surface area contributed by atoms with Crippen molar-refractivity contribution in [1.29, 1.82) is 0 Å². The van der Waals surface area contributed by atoms with Crippen molar-refractivity contribution >= 4 is 0 Å². The summed E-state index contributed by atoms with van der Waals surface area (Å²) in [7, 11) is 0. The van der Waals surface area contributed by atoms with Gasteiger partial charge in [0.1, 0.15) is 0 Å². The van der Waals surface area contributed by atoms with Gasteiger partial charge in [-0.3, -0.25) is 0 Å². The quantitative estimate of drug-likeness (QED) is 0.432. The van der Waals surface area contributed by atoms with E-state index < -0.39 is 12.3 Å². The van der Waals surface area contributed by atoms with Crippen LogP contribution in [0.25, 0.3) is 0 Å². The molecule has 6 heavy (non-hydrogen) atoms. The van der Waals surface area contributed by atoms with E-state index in [1.165, 1.54) is 6.92 Å². The summed E-state index contributed by atoms with van der Waals surface area (Å²) < 4.78 is 11.5. The lowest BCUT2D eigenvalue weighted by Crippen LogP contribution is -2.34. The zero-order valence-corrected chi connectivity index (χ0v) is 3.69. The van der Waals surface area contributed by atoms with E-state index in [1.54, 1.807) is 0 Å². The molecular formula is C3H9FN2. The summed E-state index contributed by atoms with van der Waals surface area (Å²) in [5.74, 6) is 0. The minimum atomic E-state index is -1.37. The average molecular weight is 92.1 g/mol. The van der Waals surface area contributed by atoms with Crippen LogP contribution in [0.5, 0.6) is 0 Å². The number of halogens is 1. The SMILES string of the molecule is CC(N)C(N)F. The van der Waals surface area contributed by atoms with E-state index in [1.807, 2.05) is 0 Å². The maximum atomic E-state index is 11.5. The molecule has 0 heterocycles. The van der Waals surface area contributed by atoms with E-state index in [2.05, 4.69) is 5.73 Å². The Morgan fingerprint density at radius 2 is 1.67 bits per heavy atom. The molecule has 0 bridgehead atoms. The maximum Gasteiger partial charge on any atom is 0.163 e. The highest BCUT2D eigenvalue weighted by molar-refractivity contribution is 4.56. The van der Waals surface area contributed by atoms with Gasteiger partial charge in [-0.05, 0) is 6.92 Å². The molecule has 2 nitrogen and oxygen atoms in total. The maximum absolute atomic E-state index is 11.5. The molecule has 3 heteroatoms. The molecule has 0 fully saturated rings. The molecule has 0 aliphatic carbocycles. The first-order valence-corrected chi connectivity index (χ1v) is 1.80. The van der Waals surface area contributed by atoms with Crippen LogP contribution in [0.1, 0.15) is 6.92 Å². The van der Waals surface area contributed by atoms with Crippen molar-refractivity contribution in [3.8, 4) is 0 Å². The van der Waals surface area contributed by atoms with Crippen molar-refractivity contribution in [2.24, 2.45) is 11.5 Å². The lowest BCUT2D eigenvalue weighted by atomic mass is 10.4. The molecule has 0 aromatic heterocycles. The van der Waals surface area contributed by atoms with Gasteiger partial charge < -0.3 is 11.5 Å². The summed E-state index contributed by atoms with van der Waals surface area (Å²) >= 11 is 0. The van der Waals surface area contributed by atoms with Crippen LogP contribution in [0.15, 0.2) is 0 Å². The summed E-state index contributed by atoms with van der Waals surface area (Å²) in [4.78, 5) is 0. The molecule has 0 amide bonds. The van der Waals surface area contributed by atoms with Crippen LogP contribution in [-0.2, 0) is 0 Å². The molecule has 0 spiro atoms. The van der Waals surface area contributed by atoms with Crippen LogP contribution < -0.4 is 11.5 Å². The van der Waals surface area contributed by atoms with Crippen LogP contribution in [0.2, 0.25) is 0 Å². The number of rotatable bonds is 1. The van der Waals surface area contributed by atoms with Crippen molar-refractivity contribution in [3.05, 3.63) is 0 Å². The third kappa shape index (κ3) is 2.11. The molecule has 2 atom stereocenters. The summed E-state index contributed by atoms with van der Waals surface area (Å²) in [5.41, 5.74) is 9.58. The molecule has 2 unspecified atom stereocenters. The molecule has 0 aliphatic rings. The van der Waals surface area contributed by atoms with Crippen molar-refractivity contribution < 1.29 is 4.39 Å². The van der Waals surface area contributed by atoms with E-state index in [0.29, 0.717) is 0 Å². The Hall–Kier alpha value is -0.150. The van der Waals surface area contributed by atoms with Gasteiger partial charge in [-0.15, -0.1) is 0 Å². The second-order valence-electron chi connectivity index (χ2n) is 1.30. The molecule has 0 aromatic rings. The first-order valence-electron chi connectivity index (χ1n) is 1.80. The zero-order chi connectivity index (χ0) is 5.15. The van der Waals surface area contributed by atoms with Crippen molar-refractivity contribution in [1.82, 2.24) is 0 Å². The standard InChI is InChI=1S/C3H9FN2/c1-2(5)3(4)6/h2-3H,5-6H2,1H3. The van der Waals surface area contributed by atoms with Crippen molar-refractivity contribution in [3.63, 3.8) is 0 Å². The molecule has 0 aromatic carbocycles. The van der Waals surface area contributed by atoms with Gasteiger partial charge in [0.2, 0.25) is 0 Å². The van der Waals surface area contributed by atoms with Gasteiger partial charge in [0, 0.05) is 6.04 Å². The van der Waals surface area contributed by atoms with E-state index >= 15 is 0 Å². The van der Waals surface area contributed by atoms with Crippen molar-refractivity contribution in [2.75, 3.05) is 0 Å².